The molecule has 78 valence electrons. The second kappa shape index (κ2) is 5.93. The van der Waals surface area contributed by atoms with Crippen molar-refractivity contribution in [2.75, 3.05) is 0 Å². The van der Waals surface area contributed by atoms with E-state index in [1.807, 2.05) is 6.92 Å². The van der Waals surface area contributed by atoms with Crippen LogP contribution in [0.15, 0.2) is 0 Å². The summed E-state index contributed by atoms with van der Waals surface area (Å²) in [7, 11) is 0. The van der Waals surface area contributed by atoms with Crippen LogP contribution in [0.25, 0.3) is 0 Å². The second-order valence-corrected chi connectivity index (χ2v) is 3.72. The minimum atomic E-state index is -0.973. The van der Waals surface area contributed by atoms with Crippen molar-refractivity contribution in [3.05, 3.63) is 0 Å². The summed E-state index contributed by atoms with van der Waals surface area (Å²) in [5.74, 6) is -3.36. The predicted octanol–water partition coefficient (Wildman–Crippen LogP) is 1.05. The monoisotopic (exact) mass is 228 g/mol. The molecule has 0 aromatic rings. The van der Waals surface area contributed by atoms with Gasteiger partial charge in [0.1, 0.15) is 0 Å². The Bertz CT molecular complexity index is 238. The van der Waals surface area contributed by atoms with Gasteiger partial charge < -0.3 is 13.1 Å². The topological polar surface area (TPSA) is 74.6 Å². The summed E-state index contributed by atoms with van der Waals surface area (Å²) >= 11 is 0. The molecule has 1 saturated carbocycles. The van der Waals surface area contributed by atoms with Gasteiger partial charge in [-0.15, -0.1) is 0 Å². The van der Waals surface area contributed by atoms with Crippen molar-refractivity contribution in [2.45, 2.75) is 26.2 Å². The molecular weight excluding hydrogens is 212 g/mol. The summed E-state index contributed by atoms with van der Waals surface area (Å²) in [6.45, 7) is 1.81. The molecule has 0 saturated heterocycles. The van der Waals surface area contributed by atoms with Crippen molar-refractivity contribution in [3.63, 3.8) is 0 Å². The van der Waals surface area contributed by atoms with Gasteiger partial charge in [0.25, 0.3) is 0 Å². The van der Waals surface area contributed by atoms with Crippen LogP contribution in [0.4, 0.5) is 0 Å². The Kier molecular flexibility index (Phi) is 6.02. The summed E-state index contributed by atoms with van der Waals surface area (Å²) < 4.78 is 0. The van der Waals surface area contributed by atoms with Crippen LogP contribution in [0, 0.1) is 17.8 Å². The van der Waals surface area contributed by atoms with Gasteiger partial charge in [0.15, 0.2) is 0 Å². The van der Waals surface area contributed by atoms with E-state index in [-0.39, 0.29) is 46.5 Å². The minimum Gasteiger partial charge on any atom is -1.00 e. The second-order valence-electron chi connectivity index (χ2n) is 3.72. The maximum absolute atomic E-state index is 10.8. The molecule has 0 aromatic heterocycles. The Hall–Kier alpha value is 0.200. The first-order valence-electron chi connectivity index (χ1n) is 4.49. The molecule has 0 bridgehead atoms. The molecule has 2 N–H and O–H groups in total. The summed E-state index contributed by atoms with van der Waals surface area (Å²) in [6.07, 6.45) is 2.14. The molecular formula is C9H16CaO4. The minimum absolute atomic E-state index is 0. The third-order valence-corrected chi connectivity index (χ3v) is 2.82. The van der Waals surface area contributed by atoms with E-state index in [9.17, 15) is 9.59 Å². The summed E-state index contributed by atoms with van der Waals surface area (Å²) in [5, 5.41) is 17.7. The first-order valence-corrected chi connectivity index (χ1v) is 4.49. The Morgan fingerprint density at radius 2 is 1.79 bits per heavy atom. The molecule has 4 nitrogen and oxygen atoms in total. The fourth-order valence-electron chi connectivity index (χ4n) is 2.11. The molecule has 1 aliphatic carbocycles. The molecule has 0 aromatic carbocycles. The summed E-state index contributed by atoms with van der Waals surface area (Å²) in [5.41, 5.74) is 0. The van der Waals surface area contributed by atoms with E-state index < -0.39 is 23.8 Å². The molecule has 0 amide bonds. The molecule has 5 heteroatoms. The van der Waals surface area contributed by atoms with Crippen LogP contribution in [0.2, 0.25) is 0 Å². The Morgan fingerprint density at radius 3 is 2.14 bits per heavy atom. The van der Waals surface area contributed by atoms with Gasteiger partial charge in [0.2, 0.25) is 0 Å². The van der Waals surface area contributed by atoms with E-state index in [0.29, 0.717) is 6.42 Å². The molecule has 1 rings (SSSR count). The number of carbonyl (C=O) groups is 2. The van der Waals surface area contributed by atoms with E-state index >= 15 is 0 Å². The third kappa shape index (κ3) is 3.11. The summed E-state index contributed by atoms with van der Waals surface area (Å²) in [6, 6.07) is 0. The molecule has 0 heterocycles. The van der Waals surface area contributed by atoms with Crippen LogP contribution in [0.1, 0.15) is 29.0 Å². The molecule has 0 spiro atoms. The molecule has 14 heavy (non-hydrogen) atoms. The molecule has 3 unspecified atom stereocenters. The molecule has 0 aliphatic heterocycles. The van der Waals surface area contributed by atoms with Gasteiger partial charge in [-0.1, -0.05) is 13.3 Å². The van der Waals surface area contributed by atoms with Gasteiger partial charge in [-0.05, 0) is 18.8 Å². The van der Waals surface area contributed by atoms with Gasteiger partial charge in [0, 0.05) is 0 Å². The van der Waals surface area contributed by atoms with Crippen molar-refractivity contribution >= 4 is 49.7 Å². The summed E-state index contributed by atoms with van der Waals surface area (Å²) in [4.78, 5) is 21.6. The fourth-order valence-corrected chi connectivity index (χ4v) is 2.11. The average molecular weight is 228 g/mol. The van der Waals surface area contributed by atoms with Crippen LogP contribution in [0.5, 0.6) is 0 Å². The van der Waals surface area contributed by atoms with Crippen molar-refractivity contribution in [1.29, 1.82) is 0 Å². The standard InChI is InChI=1S/C9H14O4.Ca.2H/c1-5-3-2-4-6(8(10)11)7(5)9(12)13;;;/h5-7H,2-4H2,1H3,(H,10,11)(H,12,13);;;/q;+2;2*-1. The van der Waals surface area contributed by atoms with E-state index in [1.54, 1.807) is 0 Å². The van der Waals surface area contributed by atoms with Gasteiger partial charge in [0.05, 0.1) is 11.8 Å². The number of aliphatic carboxylic acids is 2. The first-order chi connectivity index (χ1) is 6.04. The first kappa shape index (κ1) is 14.2. The van der Waals surface area contributed by atoms with Gasteiger partial charge in [-0.25, -0.2) is 0 Å². The van der Waals surface area contributed by atoms with Gasteiger partial charge in [-0.2, -0.15) is 0 Å². The van der Waals surface area contributed by atoms with Crippen molar-refractivity contribution in [1.82, 2.24) is 0 Å². The van der Waals surface area contributed by atoms with Crippen LogP contribution in [0.3, 0.4) is 0 Å². The van der Waals surface area contributed by atoms with Crippen LogP contribution < -0.4 is 0 Å². The Balaban J connectivity index is -0.000000563. The van der Waals surface area contributed by atoms with E-state index in [1.165, 1.54) is 0 Å². The van der Waals surface area contributed by atoms with E-state index in [0.717, 1.165) is 12.8 Å². The zero-order valence-corrected chi connectivity index (χ0v) is 10.5. The molecule has 1 fully saturated rings. The number of carboxylic acids is 2. The fraction of sp³-hybridized carbons (Fsp3) is 0.778. The maximum atomic E-state index is 10.8. The normalized spacial score (nSPS) is 31.6. The SMILES string of the molecule is CC1CCCC(C(=O)O)C1C(=O)O.[Ca+2].[H-].[H-]. The zero-order valence-electron chi connectivity index (χ0n) is 10.3. The van der Waals surface area contributed by atoms with Gasteiger partial charge >= 0.3 is 49.7 Å². The van der Waals surface area contributed by atoms with E-state index in [2.05, 4.69) is 0 Å². The van der Waals surface area contributed by atoms with Crippen molar-refractivity contribution in [3.8, 4) is 0 Å². The number of hydrogen-bond acceptors (Lipinski definition) is 2. The average Bonchev–Trinajstić information content (AvgIpc) is 2.02. The zero-order chi connectivity index (χ0) is 10.0. The number of hydrogen-bond donors (Lipinski definition) is 2. The smallest absolute Gasteiger partial charge is 1.00 e. The largest absolute Gasteiger partial charge is 2.00 e. The van der Waals surface area contributed by atoms with Crippen molar-refractivity contribution < 1.29 is 22.7 Å². The van der Waals surface area contributed by atoms with Gasteiger partial charge in [-0.3, -0.25) is 9.59 Å². The molecule has 1 aliphatic rings. The van der Waals surface area contributed by atoms with Crippen molar-refractivity contribution in [2.24, 2.45) is 17.8 Å². The number of carboxylic acid groups (broad SMARTS) is 2. The molecule has 3 atom stereocenters. The Labute approximate surface area is 116 Å². The predicted molar refractivity (Wildman–Crippen MR) is 53.2 cm³/mol. The van der Waals surface area contributed by atoms with Crippen LogP contribution >= 0.6 is 0 Å². The van der Waals surface area contributed by atoms with Crippen LogP contribution in [-0.4, -0.2) is 59.9 Å². The van der Waals surface area contributed by atoms with Crippen LogP contribution in [-0.2, 0) is 9.59 Å². The Morgan fingerprint density at radius 1 is 1.21 bits per heavy atom. The number of rotatable bonds is 2. The maximum Gasteiger partial charge on any atom is 2.00 e. The van der Waals surface area contributed by atoms with E-state index in [4.69, 9.17) is 10.2 Å². The molecule has 0 radical (unpaired) electrons. The quantitative estimate of drug-likeness (QED) is 0.693. The third-order valence-electron chi connectivity index (χ3n) is 2.82.